The molecule has 1 aromatic rings. The maximum absolute atomic E-state index is 14.5. The lowest BCUT2D eigenvalue weighted by Crippen LogP contribution is -2.80. The number of methoxy groups -OCH3 is 1. The van der Waals surface area contributed by atoms with Crippen molar-refractivity contribution in [2.24, 2.45) is 22.7 Å². The molecule has 8 atom stereocenters. The van der Waals surface area contributed by atoms with Gasteiger partial charge in [0, 0.05) is 36.9 Å². The van der Waals surface area contributed by atoms with E-state index < -0.39 is 75.7 Å². The SMILES string of the molecule is COC1C[C@@]2(O)[C@@H](OC(=O)c3ccccc3)[C@@H]3[C@]4(OC(C)=O)CO[C@@H]4C[C@H](C)[C@@]3(C)C(=O)C(=O)C(=C1C)C2(C)C. The van der Waals surface area contributed by atoms with Crippen molar-refractivity contribution >= 4 is 23.5 Å². The summed E-state index contributed by atoms with van der Waals surface area (Å²) in [5.74, 6) is -4.18. The molecule has 0 spiro atoms. The number of esters is 2. The van der Waals surface area contributed by atoms with E-state index in [1.165, 1.54) is 14.0 Å². The summed E-state index contributed by atoms with van der Waals surface area (Å²) < 4.78 is 23.9. The molecule has 2 saturated carbocycles. The minimum atomic E-state index is -1.89. The van der Waals surface area contributed by atoms with E-state index in [0.717, 1.165) is 0 Å². The average molecular weight is 555 g/mol. The van der Waals surface area contributed by atoms with Crippen molar-refractivity contribution in [3.63, 3.8) is 0 Å². The summed E-state index contributed by atoms with van der Waals surface area (Å²) in [6, 6.07) is 8.37. The third kappa shape index (κ3) is 3.63. The van der Waals surface area contributed by atoms with Crippen LogP contribution in [0.4, 0.5) is 0 Å². The predicted molar refractivity (Wildman–Crippen MR) is 142 cm³/mol. The maximum atomic E-state index is 14.5. The van der Waals surface area contributed by atoms with Gasteiger partial charge < -0.3 is 24.1 Å². The molecule has 4 aliphatic rings. The number of rotatable bonds is 4. The topological polar surface area (TPSA) is 125 Å². The van der Waals surface area contributed by atoms with Gasteiger partial charge in [0.25, 0.3) is 0 Å². The summed E-state index contributed by atoms with van der Waals surface area (Å²) >= 11 is 0. The number of Topliss-reactive ketones (excluding diaryl/α,β-unsaturated/α-hetero) is 2. The van der Waals surface area contributed by atoms with Gasteiger partial charge in [0.2, 0.25) is 11.6 Å². The summed E-state index contributed by atoms with van der Waals surface area (Å²) in [5.41, 5.74) is -5.09. The van der Waals surface area contributed by atoms with Gasteiger partial charge in [-0.1, -0.05) is 45.9 Å². The summed E-state index contributed by atoms with van der Waals surface area (Å²) in [7, 11) is 1.47. The maximum Gasteiger partial charge on any atom is 0.338 e. The van der Waals surface area contributed by atoms with Crippen LogP contribution < -0.4 is 0 Å². The van der Waals surface area contributed by atoms with Crippen LogP contribution >= 0.6 is 0 Å². The molecule has 1 N–H and O–H groups in total. The Morgan fingerprint density at radius 3 is 2.30 bits per heavy atom. The van der Waals surface area contributed by atoms with Crippen LogP contribution in [0, 0.1) is 22.7 Å². The molecule has 0 aromatic heterocycles. The van der Waals surface area contributed by atoms with Crippen LogP contribution in [0.5, 0.6) is 0 Å². The number of hydrogen-bond acceptors (Lipinski definition) is 9. The molecule has 1 unspecified atom stereocenters. The highest BCUT2D eigenvalue weighted by atomic mass is 16.6. The second-order valence-electron chi connectivity index (χ2n) is 12.6. The van der Waals surface area contributed by atoms with Gasteiger partial charge >= 0.3 is 11.9 Å². The van der Waals surface area contributed by atoms with Crippen LogP contribution in [0.3, 0.4) is 0 Å². The summed E-state index contributed by atoms with van der Waals surface area (Å²) in [4.78, 5) is 54.9. The Bertz CT molecular complexity index is 1300. The molecule has 3 fully saturated rings. The fraction of sp³-hybridized carbons (Fsp3) is 0.613. The highest BCUT2D eigenvalue weighted by molar-refractivity contribution is 6.46. The fourth-order valence-corrected chi connectivity index (χ4v) is 7.98. The average Bonchev–Trinajstić information content (AvgIpc) is 2.90. The van der Waals surface area contributed by atoms with Gasteiger partial charge in [0.1, 0.15) is 17.8 Å². The van der Waals surface area contributed by atoms with E-state index in [1.54, 1.807) is 58.0 Å². The first-order valence-electron chi connectivity index (χ1n) is 13.8. The van der Waals surface area contributed by atoms with Crippen molar-refractivity contribution in [2.75, 3.05) is 13.7 Å². The Balaban J connectivity index is 1.83. The molecule has 1 aromatic carbocycles. The van der Waals surface area contributed by atoms with E-state index in [4.69, 9.17) is 18.9 Å². The zero-order chi connectivity index (χ0) is 29.4. The van der Waals surface area contributed by atoms with Gasteiger partial charge in [0.15, 0.2) is 5.60 Å². The lowest BCUT2D eigenvalue weighted by molar-refractivity contribution is -0.338. The monoisotopic (exact) mass is 554 g/mol. The number of aliphatic hydroxyl groups is 1. The molecule has 0 amide bonds. The molecule has 1 saturated heterocycles. The Morgan fingerprint density at radius 1 is 1.10 bits per heavy atom. The van der Waals surface area contributed by atoms with E-state index in [1.807, 2.05) is 6.92 Å². The van der Waals surface area contributed by atoms with E-state index in [0.29, 0.717) is 12.0 Å². The molecule has 1 heterocycles. The normalized spacial score (nSPS) is 40.1. The lowest BCUT2D eigenvalue weighted by atomic mass is 9.43. The van der Waals surface area contributed by atoms with Crippen molar-refractivity contribution in [2.45, 2.75) is 83.9 Å². The molecule has 1 aliphatic heterocycles. The zero-order valence-electron chi connectivity index (χ0n) is 24.1. The van der Waals surface area contributed by atoms with Crippen LogP contribution in [-0.2, 0) is 33.3 Å². The Labute approximate surface area is 234 Å². The summed E-state index contributed by atoms with van der Waals surface area (Å²) in [6.45, 7) is 9.85. The van der Waals surface area contributed by atoms with Crippen molar-refractivity contribution in [1.29, 1.82) is 0 Å². The van der Waals surface area contributed by atoms with Crippen molar-refractivity contribution in [3.8, 4) is 0 Å². The second kappa shape index (κ2) is 9.33. The largest absolute Gasteiger partial charge is 0.455 e. The first-order chi connectivity index (χ1) is 18.7. The minimum Gasteiger partial charge on any atom is -0.455 e. The number of ketones is 2. The van der Waals surface area contributed by atoms with E-state index in [2.05, 4.69) is 0 Å². The first kappa shape index (κ1) is 28.6. The number of ether oxygens (including phenoxy) is 4. The highest BCUT2D eigenvalue weighted by Crippen LogP contribution is 2.64. The van der Waals surface area contributed by atoms with Gasteiger partial charge in [-0.15, -0.1) is 0 Å². The Morgan fingerprint density at radius 2 is 1.75 bits per heavy atom. The smallest absolute Gasteiger partial charge is 0.338 e. The van der Waals surface area contributed by atoms with Crippen molar-refractivity contribution < 1.29 is 43.2 Å². The van der Waals surface area contributed by atoms with Crippen LogP contribution in [0.1, 0.15) is 64.7 Å². The van der Waals surface area contributed by atoms with E-state index in [9.17, 15) is 24.3 Å². The predicted octanol–water partition coefficient (Wildman–Crippen LogP) is 3.22. The molecule has 40 heavy (non-hydrogen) atoms. The van der Waals surface area contributed by atoms with Crippen LogP contribution in [0.2, 0.25) is 0 Å². The molecular weight excluding hydrogens is 516 g/mol. The first-order valence-corrected chi connectivity index (χ1v) is 13.8. The molecular formula is C31H38O9. The quantitative estimate of drug-likeness (QED) is 0.441. The molecule has 5 rings (SSSR count). The Hall–Kier alpha value is -2.88. The lowest BCUT2D eigenvalue weighted by Gasteiger charge is -2.67. The highest BCUT2D eigenvalue weighted by Gasteiger charge is 2.77. The molecule has 216 valence electrons. The van der Waals surface area contributed by atoms with Gasteiger partial charge in [-0.3, -0.25) is 14.4 Å². The zero-order valence-corrected chi connectivity index (χ0v) is 24.1. The molecule has 3 aliphatic carbocycles. The standard InChI is InChI=1S/C31H38O9/c1-16-13-21-30(15-38-21,40-18(3)32)24-26(39-27(35)19-11-9-8-10-12-19)31(36)14-20(37-7)17(2)22(28(31,4)5)23(33)25(34)29(16,24)6/h8-12,16,20-21,24,26,36H,13-15H2,1-7H3/t16-,20?,21+,24-,26-,29+,30-,31+/m0/s1. The molecule has 2 bridgehead atoms. The van der Waals surface area contributed by atoms with Gasteiger partial charge in [-0.25, -0.2) is 4.79 Å². The number of carbonyl (C=O) groups excluding carboxylic acids is 4. The molecule has 9 nitrogen and oxygen atoms in total. The summed E-state index contributed by atoms with van der Waals surface area (Å²) in [5, 5.41) is 12.9. The van der Waals surface area contributed by atoms with Crippen LogP contribution in [-0.4, -0.2) is 71.8 Å². The van der Waals surface area contributed by atoms with E-state index in [-0.39, 0.29) is 24.2 Å². The second-order valence-corrected chi connectivity index (χ2v) is 12.6. The number of benzene rings is 1. The Kier molecular flexibility index (Phi) is 6.68. The number of fused-ring (bicyclic) bond motifs is 5. The number of hydrogen-bond donors (Lipinski definition) is 1. The fourth-order valence-electron chi connectivity index (χ4n) is 7.98. The molecule has 0 radical (unpaired) electrons. The van der Waals surface area contributed by atoms with Gasteiger partial charge in [-0.2, -0.15) is 0 Å². The van der Waals surface area contributed by atoms with Crippen LogP contribution in [0.15, 0.2) is 41.5 Å². The third-order valence-electron chi connectivity index (χ3n) is 10.5. The van der Waals surface area contributed by atoms with Crippen molar-refractivity contribution in [3.05, 3.63) is 47.0 Å². The van der Waals surface area contributed by atoms with Gasteiger partial charge in [0.05, 0.1) is 24.2 Å². The number of carbonyl (C=O) groups is 4. The third-order valence-corrected chi connectivity index (χ3v) is 10.5. The van der Waals surface area contributed by atoms with Crippen LogP contribution in [0.25, 0.3) is 0 Å². The van der Waals surface area contributed by atoms with Gasteiger partial charge in [-0.05, 0) is 37.0 Å². The molecule has 9 heteroatoms. The summed E-state index contributed by atoms with van der Waals surface area (Å²) in [6.07, 6.45) is -2.35. The minimum absolute atomic E-state index is 0.0112. The van der Waals surface area contributed by atoms with Crippen molar-refractivity contribution in [1.82, 2.24) is 0 Å². The van der Waals surface area contributed by atoms with E-state index >= 15 is 0 Å².